The van der Waals surface area contributed by atoms with Crippen molar-refractivity contribution in [2.75, 3.05) is 21.3 Å². The summed E-state index contributed by atoms with van der Waals surface area (Å²) in [7, 11) is 4.88. The molecule has 1 atom stereocenters. The molecular weight excluding hydrogens is 354 g/mol. The van der Waals surface area contributed by atoms with Gasteiger partial charge in [-0.25, -0.2) is 0 Å². The van der Waals surface area contributed by atoms with Gasteiger partial charge in [-0.3, -0.25) is 9.79 Å². The molecule has 0 bridgehead atoms. The topological polar surface area (TPSA) is 57.1 Å². The zero-order chi connectivity index (χ0) is 19.9. The van der Waals surface area contributed by atoms with Gasteiger partial charge in [-0.15, -0.1) is 0 Å². The number of carbonyl (C=O) groups is 1. The molecule has 5 nitrogen and oxygen atoms in total. The van der Waals surface area contributed by atoms with Crippen molar-refractivity contribution in [1.82, 2.24) is 0 Å². The molecule has 1 heterocycles. The lowest BCUT2D eigenvalue weighted by Gasteiger charge is -2.15. The first-order valence-electron chi connectivity index (χ1n) is 9.59. The van der Waals surface area contributed by atoms with Crippen molar-refractivity contribution in [3.63, 3.8) is 0 Å². The Kier molecular flexibility index (Phi) is 6.69. The average molecular weight is 381 g/mol. The Bertz CT molecular complexity index is 859. The number of ether oxygens (including phenoxy) is 3. The molecule has 2 aromatic rings. The molecule has 1 aliphatic heterocycles. The summed E-state index contributed by atoms with van der Waals surface area (Å²) in [4.78, 5) is 17.8. The van der Waals surface area contributed by atoms with Crippen LogP contribution in [0.1, 0.15) is 42.9 Å². The van der Waals surface area contributed by atoms with Crippen LogP contribution in [0.25, 0.3) is 0 Å². The molecule has 148 valence electrons. The summed E-state index contributed by atoms with van der Waals surface area (Å²) in [6.07, 6.45) is 4.01. The minimum absolute atomic E-state index is 0.0356. The molecule has 3 rings (SSSR count). The second-order valence-electron chi connectivity index (χ2n) is 6.90. The predicted octanol–water partition coefficient (Wildman–Crippen LogP) is 4.58. The van der Waals surface area contributed by atoms with Crippen molar-refractivity contribution in [3.8, 4) is 17.2 Å². The highest BCUT2D eigenvalue weighted by molar-refractivity contribution is 6.40. The van der Waals surface area contributed by atoms with Gasteiger partial charge in [-0.1, -0.05) is 24.6 Å². The normalized spacial score (nSPS) is 16.7. The van der Waals surface area contributed by atoms with E-state index in [4.69, 9.17) is 19.2 Å². The number of rotatable bonds is 7. The fourth-order valence-corrected chi connectivity index (χ4v) is 3.53. The molecule has 0 N–H and O–H groups in total. The van der Waals surface area contributed by atoms with Crippen LogP contribution in [-0.4, -0.2) is 32.8 Å². The first-order valence-corrected chi connectivity index (χ1v) is 9.59. The van der Waals surface area contributed by atoms with Gasteiger partial charge in [-0.05, 0) is 54.7 Å². The molecule has 0 spiro atoms. The number of methoxy groups -OCH3 is 3. The maximum absolute atomic E-state index is 12.9. The number of carbonyl (C=O) groups excluding carboxylic acids is 1. The molecule has 5 heteroatoms. The van der Waals surface area contributed by atoms with Crippen LogP contribution in [0.2, 0.25) is 0 Å². The molecule has 0 radical (unpaired) electrons. The number of ketones is 1. The van der Waals surface area contributed by atoms with Crippen molar-refractivity contribution < 1.29 is 19.0 Å². The lowest BCUT2D eigenvalue weighted by atomic mass is 10.0. The molecular formula is C23H27NO4. The van der Waals surface area contributed by atoms with Gasteiger partial charge in [0.2, 0.25) is 0 Å². The van der Waals surface area contributed by atoms with E-state index in [2.05, 4.69) is 0 Å². The van der Waals surface area contributed by atoms with Crippen LogP contribution in [0.4, 0.5) is 0 Å². The first-order chi connectivity index (χ1) is 13.6. The zero-order valence-corrected chi connectivity index (χ0v) is 16.7. The third-order valence-corrected chi connectivity index (χ3v) is 5.07. The van der Waals surface area contributed by atoms with Crippen molar-refractivity contribution in [2.45, 2.75) is 38.1 Å². The summed E-state index contributed by atoms with van der Waals surface area (Å²) in [5.41, 5.74) is 2.67. The lowest BCUT2D eigenvalue weighted by Crippen LogP contribution is -2.17. The highest BCUT2D eigenvalue weighted by Gasteiger charge is 2.21. The number of aliphatic imine (C=N–C) groups is 1. The summed E-state index contributed by atoms with van der Waals surface area (Å²) in [6.45, 7) is 0. The van der Waals surface area contributed by atoms with Crippen LogP contribution >= 0.6 is 0 Å². The molecule has 2 aromatic carbocycles. The summed E-state index contributed by atoms with van der Waals surface area (Å²) in [5, 5.41) is 0. The van der Waals surface area contributed by atoms with Gasteiger partial charge in [0.25, 0.3) is 0 Å². The predicted molar refractivity (Wildman–Crippen MR) is 110 cm³/mol. The summed E-state index contributed by atoms with van der Waals surface area (Å²) < 4.78 is 16.0. The summed E-state index contributed by atoms with van der Waals surface area (Å²) in [5.74, 6) is 2.22. The maximum atomic E-state index is 12.9. The average Bonchev–Trinajstić information content (AvgIpc) is 3.00. The van der Waals surface area contributed by atoms with Gasteiger partial charge < -0.3 is 14.2 Å². The molecule has 1 unspecified atom stereocenters. The van der Waals surface area contributed by atoms with Gasteiger partial charge in [0.15, 0.2) is 17.3 Å². The molecule has 0 aromatic heterocycles. The minimum Gasteiger partial charge on any atom is -0.497 e. The summed E-state index contributed by atoms with van der Waals surface area (Å²) >= 11 is 0. The molecule has 0 saturated heterocycles. The first kappa shape index (κ1) is 19.9. The lowest BCUT2D eigenvalue weighted by molar-refractivity contribution is -0.112. The van der Waals surface area contributed by atoms with E-state index >= 15 is 0 Å². The van der Waals surface area contributed by atoms with Gasteiger partial charge in [0.05, 0.1) is 33.1 Å². The molecule has 0 aliphatic carbocycles. The van der Waals surface area contributed by atoms with Crippen LogP contribution < -0.4 is 14.2 Å². The smallest absolute Gasteiger partial charge is 0.180 e. The van der Waals surface area contributed by atoms with E-state index in [9.17, 15) is 4.79 Å². The van der Waals surface area contributed by atoms with Crippen LogP contribution in [0.15, 0.2) is 47.5 Å². The van der Waals surface area contributed by atoms with Crippen LogP contribution in [0, 0.1) is 0 Å². The molecule has 1 aliphatic rings. The largest absolute Gasteiger partial charge is 0.497 e. The second kappa shape index (κ2) is 9.40. The number of hydrogen-bond acceptors (Lipinski definition) is 5. The molecule has 0 amide bonds. The van der Waals surface area contributed by atoms with Gasteiger partial charge >= 0.3 is 0 Å². The summed E-state index contributed by atoms with van der Waals surface area (Å²) in [6, 6.07) is 13.5. The van der Waals surface area contributed by atoms with Crippen molar-refractivity contribution in [2.24, 2.45) is 4.99 Å². The maximum Gasteiger partial charge on any atom is 0.180 e. The van der Waals surface area contributed by atoms with Crippen LogP contribution in [-0.2, 0) is 11.2 Å². The number of hydrogen-bond donors (Lipinski definition) is 0. The quantitative estimate of drug-likeness (QED) is 0.704. The molecule has 0 fully saturated rings. The SMILES string of the molecule is COc1cccc(CC(=O)C2=NC(c3ccc(OC)c(OC)c3)CCCC2)c1. The number of Topliss-reactive ketones (excluding diaryl/α,β-unsaturated/α-hetero) is 1. The minimum atomic E-state index is -0.0356. The van der Waals surface area contributed by atoms with Crippen molar-refractivity contribution >= 4 is 11.5 Å². The molecule has 0 saturated carbocycles. The van der Waals surface area contributed by atoms with E-state index in [-0.39, 0.29) is 11.8 Å². The van der Waals surface area contributed by atoms with Gasteiger partial charge in [-0.2, -0.15) is 0 Å². The van der Waals surface area contributed by atoms with Crippen LogP contribution in [0.3, 0.4) is 0 Å². The highest BCUT2D eigenvalue weighted by Crippen LogP contribution is 2.34. The van der Waals surface area contributed by atoms with Crippen molar-refractivity contribution in [3.05, 3.63) is 53.6 Å². The fraction of sp³-hybridized carbons (Fsp3) is 0.391. The Labute approximate surface area is 166 Å². The Morgan fingerprint density at radius 1 is 1.00 bits per heavy atom. The third-order valence-electron chi connectivity index (χ3n) is 5.07. The highest BCUT2D eigenvalue weighted by atomic mass is 16.5. The second-order valence-corrected chi connectivity index (χ2v) is 6.90. The standard InChI is InChI=1S/C23H27NO4/c1-26-18-8-6-7-16(13-18)14-21(25)20-10-5-4-9-19(24-20)17-11-12-22(27-2)23(15-17)28-3/h6-8,11-13,15,19H,4-5,9-10,14H2,1-3H3. The third kappa shape index (κ3) is 4.71. The fourth-order valence-electron chi connectivity index (χ4n) is 3.53. The Hall–Kier alpha value is -2.82. The van der Waals surface area contributed by atoms with Crippen LogP contribution in [0.5, 0.6) is 17.2 Å². The van der Waals surface area contributed by atoms with E-state index in [1.807, 2.05) is 42.5 Å². The van der Waals surface area contributed by atoms with E-state index in [0.29, 0.717) is 23.6 Å². The Morgan fingerprint density at radius 2 is 1.82 bits per heavy atom. The van der Waals surface area contributed by atoms with Gasteiger partial charge in [0, 0.05) is 6.42 Å². The van der Waals surface area contributed by atoms with E-state index in [1.165, 1.54) is 0 Å². The van der Waals surface area contributed by atoms with E-state index in [0.717, 1.165) is 42.6 Å². The van der Waals surface area contributed by atoms with E-state index in [1.54, 1.807) is 21.3 Å². The van der Waals surface area contributed by atoms with E-state index < -0.39 is 0 Å². The zero-order valence-electron chi connectivity index (χ0n) is 16.7. The number of benzene rings is 2. The monoisotopic (exact) mass is 381 g/mol. The Morgan fingerprint density at radius 3 is 2.57 bits per heavy atom. The molecule has 28 heavy (non-hydrogen) atoms. The van der Waals surface area contributed by atoms with Gasteiger partial charge in [0.1, 0.15) is 5.75 Å². The number of nitrogens with zero attached hydrogens (tertiary/aromatic N) is 1. The van der Waals surface area contributed by atoms with Crippen molar-refractivity contribution in [1.29, 1.82) is 0 Å². The Balaban J connectivity index is 1.82.